The van der Waals surface area contributed by atoms with Crippen LogP contribution in [0.4, 0.5) is 8.78 Å². The van der Waals surface area contributed by atoms with Crippen LogP contribution in [0.1, 0.15) is 22.6 Å². The molecule has 0 bridgehead atoms. The number of hydrogen-bond donors (Lipinski definition) is 0. The first-order valence-corrected chi connectivity index (χ1v) is 7.18. The Labute approximate surface area is 130 Å². The summed E-state index contributed by atoms with van der Waals surface area (Å²) in [5.74, 6) is 0. The van der Waals surface area contributed by atoms with Crippen molar-refractivity contribution in [3.63, 3.8) is 0 Å². The quantitative estimate of drug-likeness (QED) is 0.745. The Morgan fingerprint density at radius 3 is 2.96 bits per heavy atom. The maximum Gasteiger partial charge on any atom is 0.257 e. The van der Waals surface area contributed by atoms with Crippen LogP contribution < -0.4 is 0 Å². The molecular formula is C17H12F2N4. The maximum atomic E-state index is 12.2. The van der Waals surface area contributed by atoms with Crippen molar-refractivity contribution in [2.24, 2.45) is 0 Å². The third kappa shape index (κ3) is 2.52. The molecule has 0 saturated carbocycles. The molecule has 0 saturated heterocycles. The zero-order valence-corrected chi connectivity index (χ0v) is 12.0. The largest absolute Gasteiger partial charge is 0.257 e. The molecule has 0 fully saturated rings. The second kappa shape index (κ2) is 5.39. The summed E-state index contributed by atoms with van der Waals surface area (Å²) in [5.41, 5.74) is 5.05. The van der Waals surface area contributed by atoms with Gasteiger partial charge in [0, 0.05) is 30.0 Å². The van der Waals surface area contributed by atoms with E-state index in [1.165, 1.54) is 6.08 Å². The van der Waals surface area contributed by atoms with E-state index in [-0.39, 0.29) is 0 Å². The molecule has 4 nitrogen and oxygen atoms in total. The van der Waals surface area contributed by atoms with Crippen LogP contribution >= 0.6 is 0 Å². The molecule has 3 heterocycles. The topological polar surface area (TPSA) is 43.1 Å². The van der Waals surface area contributed by atoms with Gasteiger partial charge in [-0.3, -0.25) is 4.98 Å². The van der Waals surface area contributed by atoms with E-state index >= 15 is 0 Å². The van der Waals surface area contributed by atoms with Crippen LogP contribution in [-0.4, -0.2) is 26.0 Å². The average Bonchev–Trinajstić information content (AvgIpc) is 3.18. The van der Waals surface area contributed by atoms with E-state index in [0.29, 0.717) is 12.1 Å². The van der Waals surface area contributed by atoms with Crippen LogP contribution in [-0.2, 0) is 6.42 Å². The molecule has 0 radical (unpaired) electrons. The van der Waals surface area contributed by atoms with Crippen LogP contribution in [0.2, 0.25) is 0 Å². The van der Waals surface area contributed by atoms with E-state index < -0.39 is 6.43 Å². The van der Waals surface area contributed by atoms with Crippen LogP contribution in [0.25, 0.3) is 17.3 Å². The Hall–Kier alpha value is -2.89. The zero-order valence-electron chi connectivity index (χ0n) is 12.0. The highest BCUT2D eigenvalue weighted by molar-refractivity contribution is 5.82. The lowest BCUT2D eigenvalue weighted by molar-refractivity contribution is 0.205. The highest BCUT2D eigenvalue weighted by atomic mass is 19.3. The third-order valence-electron chi connectivity index (χ3n) is 3.73. The Morgan fingerprint density at radius 1 is 1.17 bits per heavy atom. The van der Waals surface area contributed by atoms with Crippen molar-refractivity contribution >= 4 is 17.3 Å². The van der Waals surface area contributed by atoms with E-state index in [0.717, 1.165) is 34.2 Å². The van der Waals surface area contributed by atoms with Crippen molar-refractivity contribution in [1.29, 1.82) is 0 Å². The lowest BCUT2D eigenvalue weighted by atomic mass is 10.1. The molecule has 4 rings (SSSR count). The van der Waals surface area contributed by atoms with Gasteiger partial charge in [0.05, 0.1) is 17.1 Å². The summed E-state index contributed by atoms with van der Waals surface area (Å²) in [5, 5.41) is 4.54. The van der Waals surface area contributed by atoms with Crippen LogP contribution in [0.15, 0.2) is 48.8 Å². The maximum absolute atomic E-state index is 12.2. The number of allylic oxidation sites excluding steroid dienone is 2. The van der Waals surface area contributed by atoms with Crippen molar-refractivity contribution in [1.82, 2.24) is 19.6 Å². The third-order valence-corrected chi connectivity index (χ3v) is 3.73. The first-order chi connectivity index (χ1) is 11.2. The standard InChI is InChI=1S/C17H12F2N4/c18-16(19)7-2-11-1-3-12-13(4-5-14(12)21-11)15-6-8-17-20-9-10-23(17)22-15/h1-4,6-10,16H,5H2/b7-2-. The summed E-state index contributed by atoms with van der Waals surface area (Å²) >= 11 is 0. The summed E-state index contributed by atoms with van der Waals surface area (Å²) in [4.78, 5) is 8.61. The normalized spacial score (nSPS) is 14.0. The number of alkyl halides is 2. The molecule has 6 heteroatoms. The van der Waals surface area contributed by atoms with Crippen LogP contribution in [0, 0.1) is 0 Å². The monoisotopic (exact) mass is 310 g/mol. The summed E-state index contributed by atoms with van der Waals surface area (Å²) < 4.78 is 26.2. The van der Waals surface area contributed by atoms with Gasteiger partial charge >= 0.3 is 0 Å². The number of fused-ring (bicyclic) bond motifs is 2. The lowest BCUT2D eigenvalue weighted by Crippen LogP contribution is -1.98. The first kappa shape index (κ1) is 13.8. The average molecular weight is 310 g/mol. The molecule has 23 heavy (non-hydrogen) atoms. The van der Waals surface area contributed by atoms with Crippen LogP contribution in [0.5, 0.6) is 0 Å². The van der Waals surface area contributed by atoms with E-state index in [9.17, 15) is 8.78 Å². The Balaban J connectivity index is 1.69. The molecular weight excluding hydrogens is 298 g/mol. The van der Waals surface area contributed by atoms with Crippen molar-refractivity contribution in [3.05, 3.63) is 71.5 Å². The molecule has 0 atom stereocenters. The van der Waals surface area contributed by atoms with Gasteiger partial charge < -0.3 is 0 Å². The number of aromatic nitrogens is 4. The Bertz CT molecular complexity index is 941. The van der Waals surface area contributed by atoms with Crippen molar-refractivity contribution in [2.75, 3.05) is 0 Å². The molecule has 0 aromatic carbocycles. The number of hydrogen-bond acceptors (Lipinski definition) is 3. The van der Waals surface area contributed by atoms with Crippen LogP contribution in [0.3, 0.4) is 0 Å². The highest BCUT2D eigenvalue weighted by Gasteiger charge is 2.18. The van der Waals surface area contributed by atoms with E-state index in [1.54, 1.807) is 23.0 Å². The number of nitrogens with zero attached hydrogens (tertiary/aromatic N) is 4. The van der Waals surface area contributed by atoms with Crippen molar-refractivity contribution in [3.8, 4) is 0 Å². The van der Waals surface area contributed by atoms with Gasteiger partial charge in [0.25, 0.3) is 6.43 Å². The zero-order chi connectivity index (χ0) is 15.8. The molecule has 0 amide bonds. The van der Waals surface area contributed by atoms with Gasteiger partial charge in [-0.05, 0) is 30.4 Å². The minimum atomic E-state index is -2.47. The van der Waals surface area contributed by atoms with Crippen molar-refractivity contribution in [2.45, 2.75) is 12.8 Å². The molecule has 0 aliphatic heterocycles. The predicted molar refractivity (Wildman–Crippen MR) is 83.0 cm³/mol. The van der Waals surface area contributed by atoms with Gasteiger partial charge in [-0.25, -0.2) is 18.3 Å². The lowest BCUT2D eigenvalue weighted by Gasteiger charge is -2.06. The minimum absolute atomic E-state index is 0.539. The second-order valence-electron chi connectivity index (χ2n) is 5.19. The number of pyridine rings is 1. The molecule has 114 valence electrons. The Morgan fingerprint density at radius 2 is 2.09 bits per heavy atom. The van der Waals surface area contributed by atoms with E-state index in [4.69, 9.17) is 0 Å². The van der Waals surface area contributed by atoms with Gasteiger partial charge in [0.2, 0.25) is 0 Å². The van der Waals surface area contributed by atoms with Gasteiger partial charge in [0.1, 0.15) is 0 Å². The molecule has 0 N–H and O–H groups in total. The summed E-state index contributed by atoms with van der Waals surface area (Å²) in [6.45, 7) is 0. The minimum Gasteiger partial charge on any atom is -0.253 e. The second-order valence-corrected chi connectivity index (χ2v) is 5.19. The summed E-state index contributed by atoms with van der Waals surface area (Å²) in [7, 11) is 0. The van der Waals surface area contributed by atoms with Gasteiger partial charge in [-0.1, -0.05) is 12.1 Å². The first-order valence-electron chi connectivity index (χ1n) is 7.18. The molecule has 0 spiro atoms. The fourth-order valence-corrected chi connectivity index (χ4v) is 2.69. The molecule has 3 aromatic heterocycles. The molecule has 0 unspecified atom stereocenters. The predicted octanol–water partition coefficient (Wildman–Crippen LogP) is 3.39. The fraction of sp³-hybridized carbons (Fsp3) is 0.118. The van der Waals surface area contributed by atoms with Gasteiger partial charge in [-0.15, -0.1) is 0 Å². The SMILES string of the molecule is FC(F)/C=C\c1ccc2c(n1)CC=C2c1ccc2nccn2n1. The van der Waals surface area contributed by atoms with Gasteiger partial charge in [-0.2, -0.15) is 5.10 Å². The molecule has 1 aliphatic rings. The molecule has 3 aromatic rings. The highest BCUT2D eigenvalue weighted by Crippen LogP contribution is 2.31. The number of imidazole rings is 1. The van der Waals surface area contributed by atoms with E-state index in [1.807, 2.05) is 18.2 Å². The van der Waals surface area contributed by atoms with E-state index in [2.05, 4.69) is 21.1 Å². The molecule has 1 aliphatic carbocycles. The summed E-state index contributed by atoms with van der Waals surface area (Å²) in [6, 6.07) is 7.49. The van der Waals surface area contributed by atoms with Crippen molar-refractivity contribution < 1.29 is 8.78 Å². The number of halogens is 2. The smallest absolute Gasteiger partial charge is 0.253 e. The van der Waals surface area contributed by atoms with Gasteiger partial charge in [0.15, 0.2) is 5.65 Å². The number of rotatable bonds is 3. The summed E-state index contributed by atoms with van der Waals surface area (Å²) in [6.07, 6.45) is 5.95. The fourth-order valence-electron chi connectivity index (χ4n) is 2.69. The Kier molecular flexibility index (Phi) is 3.22.